The molecule has 0 aliphatic heterocycles. The van der Waals surface area contributed by atoms with Crippen LogP contribution in [0.3, 0.4) is 0 Å². The largest absolute Gasteiger partial charge is 0.348 e. The smallest absolute Gasteiger partial charge is 0.332 e. The minimum atomic E-state index is -0.496. The Bertz CT molecular complexity index is 1340. The summed E-state index contributed by atoms with van der Waals surface area (Å²) in [7, 11) is 2.91. The second kappa shape index (κ2) is 7.15. The Morgan fingerprint density at radius 1 is 1.10 bits per heavy atom. The SMILES string of the molecule is Cn1c(=O)c2cc(C(=O)NCc3ccnc(-n4ccnc4)c3)cnc2n(C)c1=O. The summed E-state index contributed by atoms with van der Waals surface area (Å²) in [5.41, 5.74) is 0.345. The molecule has 10 heteroatoms. The average molecular weight is 391 g/mol. The number of amides is 1. The number of hydrogen-bond acceptors (Lipinski definition) is 6. The van der Waals surface area contributed by atoms with Gasteiger partial charge in [-0.3, -0.25) is 23.3 Å². The molecule has 0 aliphatic carbocycles. The Morgan fingerprint density at radius 2 is 1.93 bits per heavy atom. The minimum Gasteiger partial charge on any atom is -0.348 e. The number of pyridine rings is 2. The van der Waals surface area contributed by atoms with Crippen LogP contribution in [-0.4, -0.2) is 34.6 Å². The van der Waals surface area contributed by atoms with E-state index in [0.717, 1.165) is 10.1 Å². The van der Waals surface area contributed by atoms with Gasteiger partial charge < -0.3 is 5.32 Å². The van der Waals surface area contributed by atoms with Gasteiger partial charge in [-0.1, -0.05) is 0 Å². The fraction of sp³-hybridized carbons (Fsp3) is 0.158. The number of carbonyl (C=O) groups is 1. The van der Waals surface area contributed by atoms with Gasteiger partial charge in [0.1, 0.15) is 17.8 Å². The van der Waals surface area contributed by atoms with Gasteiger partial charge in [-0.25, -0.2) is 19.7 Å². The van der Waals surface area contributed by atoms with Crippen LogP contribution in [0.15, 0.2) is 58.9 Å². The highest BCUT2D eigenvalue weighted by Gasteiger charge is 2.13. The van der Waals surface area contributed by atoms with Crippen molar-refractivity contribution in [2.24, 2.45) is 14.1 Å². The first-order chi connectivity index (χ1) is 14.0. The standard InChI is InChI=1S/C19H17N7O3/c1-24-16-14(18(28)25(2)19(24)29)8-13(10-22-16)17(27)23-9-12-3-4-21-15(7-12)26-6-5-20-11-26/h3-8,10-11H,9H2,1-2H3,(H,23,27). The van der Waals surface area contributed by atoms with Crippen molar-refractivity contribution in [2.45, 2.75) is 6.54 Å². The van der Waals surface area contributed by atoms with Crippen LogP contribution in [0.4, 0.5) is 0 Å². The van der Waals surface area contributed by atoms with Crippen molar-refractivity contribution < 1.29 is 4.79 Å². The molecule has 4 aromatic heterocycles. The Morgan fingerprint density at radius 3 is 2.69 bits per heavy atom. The lowest BCUT2D eigenvalue weighted by Gasteiger charge is -2.09. The summed E-state index contributed by atoms with van der Waals surface area (Å²) >= 11 is 0. The van der Waals surface area contributed by atoms with E-state index in [1.807, 2.05) is 6.07 Å². The highest BCUT2D eigenvalue weighted by molar-refractivity contribution is 5.96. The second-order valence-corrected chi connectivity index (χ2v) is 6.48. The fourth-order valence-electron chi connectivity index (χ4n) is 2.98. The Balaban J connectivity index is 1.58. The summed E-state index contributed by atoms with van der Waals surface area (Å²) in [5, 5.41) is 3.01. The van der Waals surface area contributed by atoms with E-state index in [9.17, 15) is 14.4 Å². The van der Waals surface area contributed by atoms with E-state index in [1.165, 1.54) is 30.9 Å². The van der Waals surface area contributed by atoms with Crippen LogP contribution < -0.4 is 16.6 Å². The molecule has 10 nitrogen and oxygen atoms in total. The fourth-order valence-corrected chi connectivity index (χ4v) is 2.98. The Labute approximate surface area is 164 Å². The van der Waals surface area contributed by atoms with E-state index in [-0.39, 0.29) is 29.0 Å². The highest BCUT2D eigenvalue weighted by atomic mass is 16.2. The van der Waals surface area contributed by atoms with Crippen molar-refractivity contribution in [1.29, 1.82) is 0 Å². The third-order valence-electron chi connectivity index (χ3n) is 4.59. The molecule has 0 fully saturated rings. The van der Waals surface area contributed by atoms with E-state index in [4.69, 9.17) is 0 Å². The minimum absolute atomic E-state index is 0.202. The average Bonchev–Trinajstić information content (AvgIpc) is 3.29. The predicted octanol–water partition coefficient (Wildman–Crippen LogP) is 0.143. The van der Waals surface area contributed by atoms with Crippen molar-refractivity contribution in [2.75, 3.05) is 0 Å². The van der Waals surface area contributed by atoms with Gasteiger partial charge in [0.2, 0.25) is 0 Å². The number of nitrogens with zero attached hydrogens (tertiary/aromatic N) is 6. The van der Waals surface area contributed by atoms with Crippen molar-refractivity contribution in [3.05, 3.63) is 81.3 Å². The molecular weight excluding hydrogens is 374 g/mol. The number of rotatable bonds is 4. The molecule has 146 valence electrons. The van der Waals surface area contributed by atoms with Crippen molar-refractivity contribution in [3.63, 3.8) is 0 Å². The lowest BCUT2D eigenvalue weighted by atomic mass is 10.2. The van der Waals surface area contributed by atoms with Gasteiger partial charge >= 0.3 is 5.69 Å². The van der Waals surface area contributed by atoms with Crippen molar-refractivity contribution in [3.8, 4) is 5.82 Å². The molecular formula is C19H17N7O3. The zero-order valence-electron chi connectivity index (χ0n) is 15.7. The topological polar surface area (TPSA) is 117 Å². The monoisotopic (exact) mass is 391 g/mol. The number of nitrogens with one attached hydrogen (secondary N) is 1. The zero-order chi connectivity index (χ0) is 20.5. The van der Waals surface area contributed by atoms with Gasteiger partial charge in [-0.2, -0.15) is 0 Å². The maximum atomic E-state index is 12.6. The molecule has 4 rings (SSSR count). The van der Waals surface area contributed by atoms with Crippen LogP contribution in [0, 0.1) is 0 Å². The third kappa shape index (κ3) is 3.31. The number of aromatic nitrogens is 6. The van der Waals surface area contributed by atoms with Gasteiger partial charge in [0.15, 0.2) is 0 Å². The molecule has 29 heavy (non-hydrogen) atoms. The molecule has 0 bridgehead atoms. The van der Waals surface area contributed by atoms with Gasteiger partial charge in [-0.15, -0.1) is 0 Å². The van der Waals surface area contributed by atoms with Gasteiger partial charge in [0, 0.05) is 45.4 Å². The molecule has 1 N–H and O–H groups in total. The quantitative estimate of drug-likeness (QED) is 0.529. The summed E-state index contributed by atoms with van der Waals surface area (Å²) in [5.74, 6) is 0.308. The molecule has 0 aliphatic rings. The van der Waals surface area contributed by atoms with Crippen LogP contribution in [0.1, 0.15) is 15.9 Å². The first-order valence-electron chi connectivity index (χ1n) is 8.73. The van der Waals surface area contributed by atoms with Gasteiger partial charge in [-0.05, 0) is 23.8 Å². The van der Waals surface area contributed by atoms with E-state index in [2.05, 4.69) is 20.3 Å². The molecule has 0 unspecified atom stereocenters. The molecule has 0 radical (unpaired) electrons. The number of carbonyl (C=O) groups excluding carboxylic acids is 1. The van der Waals surface area contributed by atoms with E-state index < -0.39 is 11.2 Å². The molecule has 1 amide bonds. The van der Waals surface area contributed by atoms with Gasteiger partial charge in [0.05, 0.1) is 10.9 Å². The zero-order valence-corrected chi connectivity index (χ0v) is 15.7. The van der Waals surface area contributed by atoms with Crippen LogP contribution in [0.25, 0.3) is 16.9 Å². The van der Waals surface area contributed by atoms with Gasteiger partial charge in [0.25, 0.3) is 11.5 Å². The summed E-state index contributed by atoms with van der Waals surface area (Å²) in [6.07, 6.45) is 8.07. The first kappa shape index (κ1) is 18.3. The summed E-state index contributed by atoms with van der Waals surface area (Å²) in [6.45, 7) is 0.270. The van der Waals surface area contributed by atoms with Crippen LogP contribution >= 0.6 is 0 Å². The van der Waals surface area contributed by atoms with E-state index in [1.54, 1.807) is 35.6 Å². The predicted molar refractivity (Wildman–Crippen MR) is 105 cm³/mol. The second-order valence-electron chi connectivity index (χ2n) is 6.48. The molecule has 0 saturated carbocycles. The molecule has 0 aromatic carbocycles. The summed E-state index contributed by atoms with van der Waals surface area (Å²) < 4.78 is 4.02. The highest BCUT2D eigenvalue weighted by Crippen LogP contribution is 2.09. The number of hydrogen-bond donors (Lipinski definition) is 1. The maximum absolute atomic E-state index is 12.6. The van der Waals surface area contributed by atoms with E-state index >= 15 is 0 Å². The number of aryl methyl sites for hydroxylation is 1. The molecule has 0 saturated heterocycles. The Kier molecular flexibility index (Phi) is 4.51. The van der Waals surface area contributed by atoms with E-state index in [0.29, 0.717) is 5.82 Å². The number of fused-ring (bicyclic) bond motifs is 1. The third-order valence-corrected chi connectivity index (χ3v) is 4.59. The Hall–Kier alpha value is -4.08. The summed E-state index contributed by atoms with van der Waals surface area (Å²) in [6, 6.07) is 5.08. The normalized spacial score (nSPS) is 11.0. The van der Waals surface area contributed by atoms with Crippen molar-refractivity contribution >= 4 is 16.9 Å². The number of imidazole rings is 1. The molecule has 4 aromatic rings. The van der Waals surface area contributed by atoms with Crippen LogP contribution in [-0.2, 0) is 20.6 Å². The summed E-state index contributed by atoms with van der Waals surface area (Å²) in [4.78, 5) is 49.3. The molecule has 4 heterocycles. The lowest BCUT2D eigenvalue weighted by Crippen LogP contribution is -2.37. The maximum Gasteiger partial charge on any atom is 0.332 e. The molecule has 0 spiro atoms. The first-order valence-corrected chi connectivity index (χ1v) is 8.73. The molecule has 0 atom stereocenters. The van der Waals surface area contributed by atoms with Crippen LogP contribution in [0.5, 0.6) is 0 Å². The van der Waals surface area contributed by atoms with Crippen LogP contribution in [0.2, 0.25) is 0 Å². The lowest BCUT2D eigenvalue weighted by molar-refractivity contribution is 0.0950. The van der Waals surface area contributed by atoms with Crippen molar-refractivity contribution in [1.82, 2.24) is 34.0 Å².